The molecular weight excluding hydrogens is 240 g/mol. The summed E-state index contributed by atoms with van der Waals surface area (Å²) in [5.41, 5.74) is 1.47. The smallest absolute Gasteiger partial charge is 0.302 e. The van der Waals surface area contributed by atoms with E-state index in [1.54, 1.807) is 0 Å². The average molecular weight is 264 g/mol. The monoisotopic (exact) mass is 264 g/mol. The molecule has 0 radical (unpaired) electrons. The summed E-state index contributed by atoms with van der Waals surface area (Å²) < 4.78 is 10.5. The summed E-state index contributed by atoms with van der Waals surface area (Å²) in [6.45, 7) is 9.12. The molecule has 0 saturated carbocycles. The van der Waals surface area contributed by atoms with Crippen LogP contribution in [0.3, 0.4) is 0 Å². The molecule has 3 heteroatoms. The van der Waals surface area contributed by atoms with E-state index in [2.05, 4.69) is 32.9 Å². The Morgan fingerprint density at radius 3 is 2.16 bits per heavy atom. The summed E-state index contributed by atoms with van der Waals surface area (Å²) in [6, 6.07) is 8.22. The first-order chi connectivity index (χ1) is 8.89. The highest BCUT2D eigenvalue weighted by atomic mass is 16.5. The van der Waals surface area contributed by atoms with Gasteiger partial charge in [-0.05, 0) is 36.0 Å². The van der Waals surface area contributed by atoms with Gasteiger partial charge in [0.05, 0.1) is 13.2 Å². The van der Waals surface area contributed by atoms with Gasteiger partial charge in [0.25, 0.3) is 0 Å². The number of rotatable bonds is 6. The molecule has 0 unspecified atom stereocenters. The van der Waals surface area contributed by atoms with Crippen LogP contribution < -0.4 is 4.74 Å². The van der Waals surface area contributed by atoms with Crippen LogP contribution in [0.2, 0.25) is 0 Å². The summed E-state index contributed by atoms with van der Waals surface area (Å²) in [4.78, 5) is 10.6. The van der Waals surface area contributed by atoms with E-state index in [1.807, 2.05) is 12.1 Å². The van der Waals surface area contributed by atoms with Crippen molar-refractivity contribution in [1.29, 1.82) is 0 Å². The lowest BCUT2D eigenvalue weighted by Crippen LogP contribution is -2.10. The molecule has 106 valence electrons. The van der Waals surface area contributed by atoms with E-state index >= 15 is 0 Å². The van der Waals surface area contributed by atoms with E-state index < -0.39 is 0 Å². The Morgan fingerprint density at radius 1 is 1.05 bits per heavy atom. The van der Waals surface area contributed by atoms with E-state index in [0.717, 1.165) is 18.6 Å². The Balaban J connectivity index is 2.25. The first-order valence-electron chi connectivity index (χ1n) is 6.76. The van der Waals surface area contributed by atoms with Gasteiger partial charge in [-0.3, -0.25) is 4.79 Å². The minimum Gasteiger partial charge on any atom is -0.494 e. The molecule has 0 amide bonds. The predicted molar refractivity (Wildman–Crippen MR) is 76.5 cm³/mol. The largest absolute Gasteiger partial charge is 0.494 e. The van der Waals surface area contributed by atoms with Crippen LogP contribution in [0, 0.1) is 0 Å². The topological polar surface area (TPSA) is 35.5 Å². The number of esters is 1. The maximum Gasteiger partial charge on any atom is 0.302 e. The molecule has 0 N–H and O–H groups in total. The molecule has 0 atom stereocenters. The number of unbranched alkanes of at least 4 members (excludes halogenated alkanes) is 1. The molecule has 0 fully saturated rings. The van der Waals surface area contributed by atoms with Crippen LogP contribution in [-0.4, -0.2) is 19.2 Å². The van der Waals surface area contributed by atoms with Crippen LogP contribution >= 0.6 is 0 Å². The van der Waals surface area contributed by atoms with Crippen LogP contribution in [-0.2, 0) is 14.9 Å². The Bertz CT molecular complexity index is 387. The quantitative estimate of drug-likeness (QED) is 0.580. The van der Waals surface area contributed by atoms with E-state index in [1.165, 1.54) is 12.5 Å². The third-order valence-electron chi connectivity index (χ3n) is 2.83. The first kappa shape index (κ1) is 15.5. The Morgan fingerprint density at radius 2 is 1.63 bits per heavy atom. The van der Waals surface area contributed by atoms with Crippen molar-refractivity contribution >= 4 is 5.97 Å². The molecule has 0 aliphatic rings. The van der Waals surface area contributed by atoms with Crippen molar-refractivity contribution in [2.24, 2.45) is 0 Å². The zero-order valence-electron chi connectivity index (χ0n) is 12.4. The summed E-state index contributed by atoms with van der Waals surface area (Å²) in [5.74, 6) is 0.666. The number of hydrogen-bond donors (Lipinski definition) is 0. The second kappa shape index (κ2) is 7.17. The lowest BCUT2D eigenvalue weighted by molar-refractivity contribution is -0.141. The second-order valence-electron chi connectivity index (χ2n) is 5.67. The fourth-order valence-corrected chi connectivity index (χ4v) is 1.66. The standard InChI is InChI=1S/C16H24O3/c1-13(17)18-11-5-6-12-19-15-9-7-14(8-10-15)16(2,3)4/h7-10H,5-6,11-12H2,1-4H3. The fourth-order valence-electron chi connectivity index (χ4n) is 1.66. The third-order valence-corrected chi connectivity index (χ3v) is 2.83. The molecule has 0 aliphatic heterocycles. The number of benzene rings is 1. The number of carbonyl (C=O) groups is 1. The van der Waals surface area contributed by atoms with E-state index in [-0.39, 0.29) is 11.4 Å². The second-order valence-corrected chi connectivity index (χ2v) is 5.67. The molecule has 0 saturated heterocycles. The normalized spacial score (nSPS) is 11.2. The van der Waals surface area contributed by atoms with E-state index in [9.17, 15) is 4.79 Å². The van der Waals surface area contributed by atoms with Crippen LogP contribution in [0.15, 0.2) is 24.3 Å². The molecule has 1 rings (SSSR count). The lowest BCUT2D eigenvalue weighted by atomic mass is 9.87. The third kappa shape index (κ3) is 6.27. The van der Waals surface area contributed by atoms with Crippen molar-refractivity contribution in [3.63, 3.8) is 0 Å². The molecule has 0 spiro atoms. The van der Waals surface area contributed by atoms with E-state index in [0.29, 0.717) is 13.2 Å². The van der Waals surface area contributed by atoms with Gasteiger partial charge >= 0.3 is 5.97 Å². The Kier molecular flexibility index (Phi) is 5.87. The van der Waals surface area contributed by atoms with Gasteiger partial charge in [0.1, 0.15) is 5.75 Å². The highest BCUT2D eigenvalue weighted by Crippen LogP contribution is 2.24. The summed E-state index contributed by atoms with van der Waals surface area (Å²) >= 11 is 0. The summed E-state index contributed by atoms with van der Waals surface area (Å²) in [5, 5.41) is 0. The molecule has 1 aromatic carbocycles. The zero-order valence-corrected chi connectivity index (χ0v) is 12.4. The molecule has 0 aromatic heterocycles. The maximum atomic E-state index is 10.6. The van der Waals surface area contributed by atoms with Crippen molar-refractivity contribution in [2.45, 2.75) is 46.0 Å². The van der Waals surface area contributed by atoms with Crippen molar-refractivity contribution in [1.82, 2.24) is 0 Å². The molecule has 0 heterocycles. The number of carbonyl (C=O) groups excluding carboxylic acids is 1. The summed E-state index contributed by atoms with van der Waals surface area (Å²) in [6.07, 6.45) is 1.72. The molecule has 1 aromatic rings. The Labute approximate surface area is 115 Å². The first-order valence-corrected chi connectivity index (χ1v) is 6.76. The molecule has 19 heavy (non-hydrogen) atoms. The highest BCUT2D eigenvalue weighted by Gasteiger charge is 2.12. The summed E-state index contributed by atoms with van der Waals surface area (Å²) in [7, 11) is 0. The van der Waals surface area contributed by atoms with Gasteiger partial charge in [-0.2, -0.15) is 0 Å². The molecule has 0 bridgehead atoms. The van der Waals surface area contributed by atoms with Gasteiger partial charge in [-0.1, -0.05) is 32.9 Å². The minimum absolute atomic E-state index is 0.169. The highest BCUT2D eigenvalue weighted by molar-refractivity contribution is 5.65. The number of ether oxygens (including phenoxy) is 2. The van der Waals surface area contributed by atoms with Gasteiger partial charge < -0.3 is 9.47 Å². The van der Waals surface area contributed by atoms with Crippen LogP contribution in [0.5, 0.6) is 5.75 Å². The fraction of sp³-hybridized carbons (Fsp3) is 0.562. The van der Waals surface area contributed by atoms with Gasteiger partial charge in [0.2, 0.25) is 0 Å². The SMILES string of the molecule is CC(=O)OCCCCOc1ccc(C(C)(C)C)cc1. The minimum atomic E-state index is -0.223. The Hall–Kier alpha value is -1.51. The van der Waals surface area contributed by atoms with Crippen LogP contribution in [0.4, 0.5) is 0 Å². The van der Waals surface area contributed by atoms with E-state index in [4.69, 9.17) is 9.47 Å². The maximum absolute atomic E-state index is 10.6. The molecule has 3 nitrogen and oxygen atoms in total. The lowest BCUT2D eigenvalue weighted by Gasteiger charge is -2.19. The average Bonchev–Trinajstić information content (AvgIpc) is 2.32. The number of hydrogen-bond acceptors (Lipinski definition) is 3. The predicted octanol–water partition coefficient (Wildman–Crippen LogP) is 3.71. The molecular formula is C16H24O3. The van der Waals surface area contributed by atoms with Gasteiger partial charge in [-0.15, -0.1) is 0 Å². The van der Waals surface area contributed by atoms with Crippen molar-refractivity contribution in [3.8, 4) is 5.75 Å². The van der Waals surface area contributed by atoms with Gasteiger partial charge in [-0.25, -0.2) is 0 Å². The van der Waals surface area contributed by atoms with Crippen LogP contribution in [0.1, 0.15) is 46.1 Å². The van der Waals surface area contributed by atoms with Crippen molar-refractivity contribution < 1.29 is 14.3 Å². The van der Waals surface area contributed by atoms with Gasteiger partial charge in [0, 0.05) is 6.92 Å². The van der Waals surface area contributed by atoms with Gasteiger partial charge in [0.15, 0.2) is 0 Å². The van der Waals surface area contributed by atoms with Crippen LogP contribution in [0.25, 0.3) is 0 Å². The molecule has 0 aliphatic carbocycles. The zero-order chi connectivity index (χ0) is 14.3. The van der Waals surface area contributed by atoms with Crippen molar-refractivity contribution in [3.05, 3.63) is 29.8 Å². The van der Waals surface area contributed by atoms with Crippen molar-refractivity contribution in [2.75, 3.05) is 13.2 Å².